The SMILES string of the molecule is CCC1NC(=O)CN(c2ccccc2N(C)C)C1=O. The molecule has 19 heavy (non-hydrogen) atoms. The highest BCUT2D eigenvalue weighted by atomic mass is 16.2. The topological polar surface area (TPSA) is 52.7 Å². The lowest BCUT2D eigenvalue weighted by Crippen LogP contribution is -2.58. The number of amides is 2. The summed E-state index contributed by atoms with van der Waals surface area (Å²) in [5, 5.41) is 2.72. The Morgan fingerprint density at radius 3 is 2.63 bits per heavy atom. The molecule has 2 amide bonds. The van der Waals surface area contributed by atoms with E-state index in [9.17, 15) is 9.59 Å². The summed E-state index contributed by atoms with van der Waals surface area (Å²) in [6.45, 7) is 1.98. The smallest absolute Gasteiger partial charge is 0.250 e. The maximum absolute atomic E-state index is 12.4. The first kappa shape index (κ1) is 13.4. The van der Waals surface area contributed by atoms with Gasteiger partial charge in [0.2, 0.25) is 11.8 Å². The van der Waals surface area contributed by atoms with Gasteiger partial charge >= 0.3 is 0 Å². The number of piperazine rings is 1. The van der Waals surface area contributed by atoms with Crippen LogP contribution in [0, 0.1) is 0 Å². The number of hydrogen-bond donors (Lipinski definition) is 1. The van der Waals surface area contributed by atoms with Gasteiger partial charge in [0.15, 0.2) is 0 Å². The van der Waals surface area contributed by atoms with E-state index in [0.29, 0.717) is 6.42 Å². The maximum Gasteiger partial charge on any atom is 0.250 e. The number of hydrogen-bond acceptors (Lipinski definition) is 3. The lowest BCUT2D eigenvalue weighted by Gasteiger charge is -2.34. The van der Waals surface area contributed by atoms with Crippen molar-refractivity contribution in [2.45, 2.75) is 19.4 Å². The molecule has 1 heterocycles. The highest BCUT2D eigenvalue weighted by Gasteiger charge is 2.33. The van der Waals surface area contributed by atoms with Gasteiger partial charge in [-0.3, -0.25) is 14.5 Å². The zero-order valence-electron chi connectivity index (χ0n) is 11.5. The van der Waals surface area contributed by atoms with Crippen LogP contribution in [-0.4, -0.2) is 38.5 Å². The van der Waals surface area contributed by atoms with E-state index in [4.69, 9.17) is 0 Å². The molecule has 5 nitrogen and oxygen atoms in total. The number of nitrogens with one attached hydrogen (secondary N) is 1. The monoisotopic (exact) mass is 261 g/mol. The third kappa shape index (κ3) is 2.54. The summed E-state index contributed by atoms with van der Waals surface area (Å²) < 4.78 is 0. The highest BCUT2D eigenvalue weighted by Crippen LogP contribution is 2.29. The van der Waals surface area contributed by atoms with Crippen LogP contribution >= 0.6 is 0 Å². The van der Waals surface area contributed by atoms with Crippen LogP contribution in [0.25, 0.3) is 0 Å². The predicted molar refractivity (Wildman–Crippen MR) is 75.3 cm³/mol. The van der Waals surface area contributed by atoms with Crippen molar-refractivity contribution in [2.24, 2.45) is 0 Å². The van der Waals surface area contributed by atoms with Crippen LogP contribution < -0.4 is 15.1 Å². The number of carbonyl (C=O) groups is 2. The molecule has 2 rings (SSSR count). The van der Waals surface area contributed by atoms with Crippen molar-refractivity contribution in [1.29, 1.82) is 0 Å². The first-order chi connectivity index (χ1) is 9.04. The van der Waals surface area contributed by atoms with Gasteiger partial charge in [-0.25, -0.2) is 0 Å². The Morgan fingerprint density at radius 2 is 2.00 bits per heavy atom. The van der Waals surface area contributed by atoms with Crippen molar-refractivity contribution >= 4 is 23.2 Å². The quantitative estimate of drug-likeness (QED) is 0.883. The molecule has 0 saturated carbocycles. The molecule has 0 radical (unpaired) electrons. The van der Waals surface area contributed by atoms with Gasteiger partial charge in [0.1, 0.15) is 12.6 Å². The van der Waals surface area contributed by atoms with Crippen molar-refractivity contribution in [3.8, 4) is 0 Å². The average Bonchev–Trinajstić information content (AvgIpc) is 2.41. The molecule has 1 atom stereocenters. The van der Waals surface area contributed by atoms with E-state index in [1.165, 1.54) is 0 Å². The molecule has 5 heteroatoms. The third-order valence-corrected chi connectivity index (χ3v) is 3.26. The number of benzene rings is 1. The molecule has 0 aliphatic carbocycles. The Hall–Kier alpha value is -2.04. The Morgan fingerprint density at radius 1 is 1.32 bits per heavy atom. The lowest BCUT2D eigenvalue weighted by molar-refractivity contribution is -0.131. The largest absolute Gasteiger partial charge is 0.376 e. The van der Waals surface area contributed by atoms with E-state index in [0.717, 1.165) is 11.4 Å². The summed E-state index contributed by atoms with van der Waals surface area (Å²) in [5.41, 5.74) is 1.71. The molecule has 102 valence electrons. The first-order valence-corrected chi connectivity index (χ1v) is 6.41. The summed E-state index contributed by atoms with van der Waals surface area (Å²) in [5.74, 6) is -0.156. The Labute approximate surface area is 113 Å². The van der Waals surface area contributed by atoms with Crippen molar-refractivity contribution in [2.75, 3.05) is 30.4 Å². The van der Waals surface area contributed by atoms with E-state index in [2.05, 4.69) is 5.32 Å². The molecule has 1 aromatic rings. The van der Waals surface area contributed by atoms with E-state index in [-0.39, 0.29) is 18.4 Å². The summed E-state index contributed by atoms with van der Waals surface area (Å²) >= 11 is 0. The fourth-order valence-corrected chi connectivity index (χ4v) is 2.26. The van der Waals surface area contributed by atoms with E-state index < -0.39 is 6.04 Å². The van der Waals surface area contributed by atoms with Gasteiger partial charge in [0, 0.05) is 14.1 Å². The molecule has 1 aromatic carbocycles. The molecular formula is C14H19N3O2. The van der Waals surface area contributed by atoms with Crippen molar-refractivity contribution in [1.82, 2.24) is 5.32 Å². The van der Waals surface area contributed by atoms with Gasteiger partial charge in [0.25, 0.3) is 0 Å². The number of rotatable bonds is 3. The second kappa shape index (κ2) is 5.30. The minimum absolute atomic E-state index is 0.0450. The summed E-state index contributed by atoms with van der Waals surface area (Å²) in [6, 6.07) is 7.19. The normalized spacial score (nSPS) is 19.3. The highest BCUT2D eigenvalue weighted by molar-refractivity contribution is 6.08. The van der Waals surface area contributed by atoms with Gasteiger partial charge in [-0.2, -0.15) is 0 Å². The number of para-hydroxylation sites is 2. The standard InChI is InChI=1S/C14H19N3O2/c1-4-10-14(19)17(9-13(18)15-10)12-8-6-5-7-11(12)16(2)3/h5-8,10H,4,9H2,1-3H3,(H,15,18). The van der Waals surface area contributed by atoms with Crippen LogP contribution in [0.4, 0.5) is 11.4 Å². The van der Waals surface area contributed by atoms with E-state index in [1.807, 2.05) is 50.2 Å². The molecule has 1 aliphatic rings. The maximum atomic E-state index is 12.4. The molecule has 0 spiro atoms. The van der Waals surface area contributed by atoms with Crippen LogP contribution in [0.5, 0.6) is 0 Å². The molecule has 1 aliphatic heterocycles. The molecular weight excluding hydrogens is 242 g/mol. The van der Waals surface area contributed by atoms with Crippen molar-refractivity contribution < 1.29 is 9.59 Å². The summed E-state index contributed by atoms with van der Waals surface area (Å²) in [6.07, 6.45) is 0.602. The zero-order valence-corrected chi connectivity index (χ0v) is 11.5. The van der Waals surface area contributed by atoms with Crippen molar-refractivity contribution in [3.05, 3.63) is 24.3 Å². The lowest BCUT2D eigenvalue weighted by atomic mass is 10.1. The third-order valence-electron chi connectivity index (χ3n) is 3.26. The van der Waals surface area contributed by atoms with E-state index >= 15 is 0 Å². The van der Waals surface area contributed by atoms with Crippen LogP contribution in [-0.2, 0) is 9.59 Å². The molecule has 1 saturated heterocycles. The van der Waals surface area contributed by atoms with Crippen molar-refractivity contribution in [3.63, 3.8) is 0 Å². The summed E-state index contributed by atoms with van der Waals surface area (Å²) in [4.78, 5) is 27.6. The van der Waals surface area contributed by atoms with Crippen LogP contribution in [0.2, 0.25) is 0 Å². The molecule has 1 fully saturated rings. The first-order valence-electron chi connectivity index (χ1n) is 6.41. The van der Waals surface area contributed by atoms with Crippen LogP contribution in [0.1, 0.15) is 13.3 Å². The molecule has 0 aromatic heterocycles. The molecule has 0 bridgehead atoms. The van der Waals surface area contributed by atoms with Gasteiger partial charge in [-0.15, -0.1) is 0 Å². The molecule has 1 unspecified atom stereocenters. The minimum atomic E-state index is -0.420. The predicted octanol–water partition coefficient (Wildman–Crippen LogP) is 0.994. The number of anilines is 2. The van der Waals surface area contributed by atoms with E-state index in [1.54, 1.807) is 4.90 Å². The van der Waals surface area contributed by atoms with Gasteiger partial charge in [0.05, 0.1) is 11.4 Å². The van der Waals surface area contributed by atoms with Crippen LogP contribution in [0.3, 0.4) is 0 Å². The van der Waals surface area contributed by atoms with Gasteiger partial charge in [-0.1, -0.05) is 19.1 Å². The Kier molecular flexibility index (Phi) is 3.74. The Bertz CT molecular complexity index is 499. The zero-order chi connectivity index (χ0) is 14.0. The van der Waals surface area contributed by atoms with Gasteiger partial charge < -0.3 is 10.2 Å². The number of nitrogens with zero attached hydrogens (tertiary/aromatic N) is 2. The fraction of sp³-hybridized carbons (Fsp3) is 0.429. The second-order valence-electron chi connectivity index (χ2n) is 4.84. The fourth-order valence-electron chi connectivity index (χ4n) is 2.26. The second-order valence-corrected chi connectivity index (χ2v) is 4.84. The summed E-state index contributed by atoms with van der Waals surface area (Å²) in [7, 11) is 3.84. The molecule has 1 N–H and O–H groups in total. The average molecular weight is 261 g/mol. The minimum Gasteiger partial charge on any atom is -0.376 e. The van der Waals surface area contributed by atoms with Gasteiger partial charge in [-0.05, 0) is 18.6 Å². The van der Waals surface area contributed by atoms with Crippen LogP contribution in [0.15, 0.2) is 24.3 Å². The Balaban J connectivity index is 2.40. The number of carbonyl (C=O) groups excluding carboxylic acids is 2.